The fourth-order valence-corrected chi connectivity index (χ4v) is 5.84. The zero-order valence-corrected chi connectivity index (χ0v) is 27.5. The first-order valence-electron chi connectivity index (χ1n) is 15.8. The highest BCUT2D eigenvalue weighted by Crippen LogP contribution is 2.27. The maximum absolute atomic E-state index is 13.8. The molecule has 1 unspecified atom stereocenters. The zero-order valence-electron chi connectivity index (χ0n) is 26.7. The minimum Gasteiger partial charge on any atom is -0.445 e. The minimum absolute atomic E-state index is 0.00564. The summed E-state index contributed by atoms with van der Waals surface area (Å²) in [5, 5.41) is 9.23. The van der Waals surface area contributed by atoms with E-state index in [-0.39, 0.29) is 25.0 Å². The van der Waals surface area contributed by atoms with Crippen LogP contribution in [-0.4, -0.2) is 77.5 Å². The van der Waals surface area contributed by atoms with Crippen LogP contribution in [0.25, 0.3) is 0 Å². The summed E-state index contributed by atoms with van der Waals surface area (Å²) in [5.41, 5.74) is 2.76. The summed E-state index contributed by atoms with van der Waals surface area (Å²) in [7, 11) is 0. The van der Waals surface area contributed by atoms with Crippen LogP contribution in [0.5, 0.6) is 0 Å². The number of alkyl halides is 1. The molecule has 2 aliphatic rings. The van der Waals surface area contributed by atoms with Crippen molar-refractivity contribution >= 4 is 41.3 Å². The van der Waals surface area contributed by atoms with Crippen molar-refractivity contribution in [1.82, 2.24) is 26.4 Å². The third-order valence-electron chi connectivity index (χ3n) is 7.93. The van der Waals surface area contributed by atoms with Gasteiger partial charge in [-0.1, -0.05) is 62.4 Å². The number of rotatable bonds is 13. The van der Waals surface area contributed by atoms with Crippen molar-refractivity contribution in [2.45, 2.75) is 103 Å². The molecule has 1 aliphatic carbocycles. The van der Waals surface area contributed by atoms with Gasteiger partial charge in [0.2, 0.25) is 11.8 Å². The van der Waals surface area contributed by atoms with Gasteiger partial charge in [-0.25, -0.2) is 4.79 Å². The molecule has 0 bridgehead atoms. The molecule has 1 saturated carbocycles. The second kappa shape index (κ2) is 17.4. The van der Waals surface area contributed by atoms with Crippen LogP contribution in [-0.2, 0) is 35.3 Å². The number of hydrazine groups is 1. The molecule has 12 nitrogen and oxygen atoms in total. The molecule has 1 aromatic rings. The monoisotopic (exact) mass is 649 g/mol. The van der Waals surface area contributed by atoms with E-state index in [4.69, 9.17) is 21.1 Å². The van der Waals surface area contributed by atoms with E-state index in [0.717, 1.165) is 42.7 Å². The summed E-state index contributed by atoms with van der Waals surface area (Å²) >= 11 is 5.84. The van der Waals surface area contributed by atoms with Crippen LogP contribution < -0.4 is 21.4 Å². The van der Waals surface area contributed by atoms with Gasteiger partial charge in [-0.15, -0.1) is 11.6 Å². The normalized spacial score (nSPS) is 19.0. The fourth-order valence-electron chi connectivity index (χ4n) is 5.70. The number of nitrogens with zero attached hydrogens (tertiary/aromatic N) is 1. The quantitative estimate of drug-likeness (QED) is 0.189. The molecule has 0 aromatic heterocycles. The number of benzene rings is 1. The van der Waals surface area contributed by atoms with E-state index in [1.807, 2.05) is 51.1 Å². The van der Waals surface area contributed by atoms with E-state index in [1.54, 1.807) is 6.92 Å². The van der Waals surface area contributed by atoms with E-state index < -0.39 is 59.4 Å². The van der Waals surface area contributed by atoms with Crippen molar-refractivity contribution in [3.63, 3.8) is 0 Å². The van der Waals surface area contributed by atoms with Crippen LogP contribution in [0.2, 0.25) is 0 Å². The Morgan fingerprint density at radius 2 is 1.71 bits per heavy atom. The first kappa shape index (κ1) is 36.1. The van der Waals surface area contributed by atoms with E-state index >= 15 is 0 Å². The van der Waals surface area contributed by atoms with E-state index in [9.17, 15) is 24.0 Å². The Bertz CT molecular complexity index is 1160. The Kier molecular flexibility index (Phi) is 13.9. The van der Waals surface area contributed by atoms with E-state index in [2.05, 4.69) is 21.4 Å². The molecule has 2 fully saturated rings. The lowest BCUT2D eigenvalue weighted by Gasteiger charge is -2.33. The zero-order chi connectivity index (χ0) is 33.0. The first-order chi connectivity index (χ1) is 21.4. The Labute approximate surface area is 270 Å². The van der Waals surface area contributed by atoms with E-state index in [0.29, 0.717) is 19.4 Å². The number of hydrogen-bond donors (Lipinski definition) is 4. The van der Waals surface area contributed by atoms with Crippen LogP contribution in [0.3, 0.4) is 0 Å². The van der Waals surface area contributed by atoms with Gasteiger partial charge >= 0.3 is 6.09 Å². The average Bonchev–Trinajstić information content (AvgIpc) is 3.41. The third kappa shape index (κ3) is 12.1. The van der Waals surface area contributed by atoms with Gasteiger partial charge in [0.15, 0.2) is 0 Å². The molecule has 1 aliphatic heterocycles. The Balaban J connectivity index is 1.78. The molecule has 5 amide bonds. The molecular formula is C32H48ClN5O7. The Morgan fingerprint density at radius 1 is 1.02 bits per heavy atom. The summed E-state index contributed by atoms with van der Waals surface area (Å²) < 4.78 is 11.4. The molecule has 1 heterocycles. The van der Waals surface area contributed by atoms with Crippen molar-refractivity contribution in [3.05, 3.63) is 35.9 Å². The number of amides is 5. The number of halogens is 1. The molecule has 0 radical (unpaired) electrons. The molecule has 45 heavy (non-hydrogen) atoms. The van der Waals surface area contributed by atoms with Crippen molar-refractivity contribution in [2.24, 2.45) is 11.8 Å². The van der Waals surface area contributed by atoms with Crippen molar-refractivity contribution < 1.29 is 33.4 Å². The fraction of sp³-hybridized carbons (Fsp3) is 0.656. The van der Waals surface area contributed by atoms with E-state index in [1.165, 1.54) is 0 Å². The Morgan fingerprint density at radius 3 is 2.31 bits per heavy atom. The maximum atomic E-state index is 13.8. The summed E-state index contributed by atoms with van der Waals surface area (Å²) in [6, 6.07) is 6.91. The maximum Gasteiger partial charge on any atom is 0.408 e. The number of carbonyl (C=O) groups is 5. The van der Waals surface area contributed by atoms with Crippen molar-refractivity contribution in [2.75, 3.05) is 19.0 Å². The third-order valence-corrected chi connectivity index (χ3v) is 8.16. The Hall–Kier alpha value is -3.38. The topological polar surface area (TPSA) is 155 Å². The summed E-state index contributed by atoms with van der Waals surface area (Å²) in [6.07, 6.45) is 4.22. The molecular weight excluding hydrogens is 602 g/mol. The number of ether oxygens (including phenoxy) is 2. The molecule has 1 saturated heterocycles. The smallest absolute Gasteiger partial charge is 0.408 e. The number of nitrogens with one attached hydrogen (secondary N) is 4. The first-order valence-corrected chi connectivity index (χ1v) is 16.3. The van der Waals surface area contributed by atoms with Crippen molar-refractivity contribution in [3.8, 4) is 0 Å². The standard InChI is InChI=1S/C32H48ClN5O7/c1-21(45-32(2,3)4)27(36-31(43)44-20-23-13-9-6-10-14-23)30(42)35-25(17-22-11-7-5-8-12-22)29(41)37-38(26(39)18-33)19-24-15-16-34-28(24)40/h6,9-10,13-14,21-22,24-25,27H,5,7-8,11-12,15-20H2,1-4H3,(H,34,40)(H,35,42)(H,36,43)(H,37,41)/t21-,24?,25+,27+/m1/s1. The summed E-state index contributed by atoms with van der Waals surface area (Å²) in [4.78, 5) is 65.3. The van der Waals surface area contributed by atoms with Gasteiger partial charge in [-0.05, 0) is 52.0 Å². The number of alkyl carbamates (subject to hydrolysis) is 1. The van der Waals surface area contributed by atoms with Crippen LogP contribution in [0, 0.1) is 11.8 Å². The van der Waals surface area contributed by atoms with Crippen molar-refractivity contribution in [1.29, 1.82) is 0 Å². The minimum atomic E-state index is -1.20. The highest BCUT2D eigenvalue weighted by molar-refractivity contribution is 6.27. The molecule has 13 heteroatoms. The lowest BCUT2D eigenvalue weighted by atomic mass is 9.84. The summed E-state index contributed by atoms with van der Waals surface area (Å²) in [5.74, 6) is -2.73. The molecule has 3 rings (SSSR count). The molecule has 4 atom stereocenters. The average molecular weight is 650 g/mol. The molecule has 4 N–H and O–H groups in total. The molecule has 250 valence electrons. The van der Waals surface area contributed by atoms with Crippen LogP contribution in [0.4, 0.5) is 4.79 Å². The van der Waals surface area contributed by atoms with Gasteiger partial charge in [0.1, 0.15) is 24.6 Å². The predicted molar refractivity (Wildman–Crippen MR) is 169 cm³/mol. The lowest BCUT2D eigenvalue weighted by Crippen LogP contribution is -2.60. The second-order valence-electron chi connectivity index (χ2n) is 12.8. The van der Waals surface area contributed by atoms with Gasteiger partial charge in [0.05, 0.1) is 24.2 Å². The van der Waals surface area contributed by atoms with Gasteiger partial charge in [-0.3, -0.25) is 29.6 Å². The largest absolute Gasteiger partial charge is 0.445 e. The highest BCUT2D eigenvalue weighted by Gasteiger charge is 2.36. The molecule has 1 aromatic carbocycles. The SMILES string of the molecule is C[C@@H](OC(C)(C)C)[C@H](NC(=O)OCc1ccccc1)C(=O)N[C@@H](CC1CCCCC1)C(=O)NN(CC1CCNC1=O)C(=O)CCl. The summed E-state index contributed by atoms with van der Waals surface area (Å²) in [6.45, 7) is 7.61. The molecule has 0 spiro atoms. The van der Waals surface area contributed by atoms with Gasteiger partial charge < -0.3 is 25.4 Å². The number of hydrogen-bond acceptors (Lipinski definition) is 7. The second-order valence-corrected chi connectivity index (χ2v) is 13.1. The van der Waals surface area contributed by atoms with Crippen LogP contribution in [0.15, 0.2) is 30.3 Å². The predicted octanol–water partition coefficient (Wildman–Crippen LogP) is 3.17. The van der Waals surface area contributed by atoms with Crippen LogP contribution in [0.1, 0.15) is 78.2 Å². The highest BCUT2D eigenvalue weighted by atomic mass is 35.5. The van der Waals surface area contributed by atoms with Gasteiger partial charge in [0, 0.05) is 6.54 Å². The van der Waals surface area contributed by atoms with Crippen LogP contribution >= 0.6 is 11.6 Å². The lowest BCUT2D eigenvalue weighted by molar-refractivity contribution is -0.143. The van der Waals surface area contributed by atoms with Gasteiger partial charge in [0.25, 0.3) is 11.8 Å². The number of carbonyl (C=O) groups excluding carboxylic acids is 5. The van der Waals surface area contributed by atoms with Gasteiger partial charge in [-0.2, -0.15) is 0 Å².